The molecule has 1 amide bonds. The number of esters is 2. The van der Waals surface area contributed by atoms with Gasteiger partial charge in [0, 0.05) is 24.2 Å². The number of carbonyl (C=O) groups is 3. The highest BCUT2D eigenvalue weighted by Crippen LogP contribution is 2.30. The second-order valence-corrected chi connectivity index (χ2v) is 9.16. The number of aromatic nitrogens is 1. The average molecular weight is 519 g/mol. The number of ether oxygens (including phenoxy) is 4. The van der Waals surface area contributed by atoms with E-state index in [0.29, 0.717) is 17.4 Å². The van der Waals surface area contributed by atoms with Crippen LogP contribution < -0.4 is 14.8 Å². The molecule has 2 aromatic rings. The van der Waals surface area contributed by atoms with Crippen molar-refractivity contribution in [3.05, 3.63) is 52.8 Å². The van der Waals surface area contributed by atoms with E-state index >= 15 is 0 Å². The number of benzene rings is 1. The summed E-state index contributed by atoms with van der Waals surface area (Å²) in [6.07, 6.45) is 4.69. The maximum absolute atomic E-state index is 13.1. The van der Waals surface area contributed by atoms with Crippen LogP contribution in [0.5, 0.6) is 11.5 Å². The second-order valence-electron chi connectivity index (χ2n) is 8.73. The minimum atomic E-state index is -0.844. The number of nitrogens with zero attached hydrogens (tertiary/aromatic N) is 1. The van der Waals surface area contributed by atoms with Crippen molar-refractivity contribution in [2.75, 3.05) is 13.9 Å². The van der Waals surface area contributed by atoms with Crippen LogP contribution in [0.4, 0.5) is 0 Å². The molecular formula is C26H31ClN2O7. The first kappa shape index (κ1) is 27.3. The summed E-state index contributed by atoms with van der Waals surface area (Å²) in [7, 11) is 1.41. The van der Waals surface area contributed by atoms with Crippen molar-refractivity contribution >= 4 is 29.4 Å². The molecule has 0 aliphatic carbocycles. The smallest absolute Gasteiger partial charge is 0.328 e. The molecule has 0 spiro atoms. The lowest BCUT2D eigenvalue weighted by Crippen LogP contribution is -2.43. The van der Waals surface area contributed by atoms with Crippen molar-refractivity contribution in [2.24, 2.45) is 5.92 Å². The topological polar surface area (TPSA) is 113 Å². The lowest BCUT2D eigenvalue weighted by Gasteiger charge is -2.21. The molecule has 1 aliphatic heterocycles. The Morgan fingerprint density at radius 3 is 2.64 bits per heavy atom. The Labute approximate surface area is 215 Å². The van der Waals surface area contributed by atoms with Gasteiger partial charge in [-0.3, -0.25) is 9.59 Å². The Kier molecular flexibility index (Phi) is 9.93. The Morgan fingerprint density at radius 2 is 1.94 bits per heavy atom. The normalized spacial score (nSPS) is 20.2. The predicted molar refractivity (Wildman–Crippen MR) is 132 cm³/mol. The van der Waals surface area contributed by atoms with Crippen LogP contribution in [0.2, 0.25) is 5.02 Å². The van der Waals surface area contributed by atoms with Crippen LogP contribution >= 0.6 is 11.6 Å². The SMILES string of the molecule is COc1ccnc(C(=O)N[C@H]2CCCC(Cc3ccc(Cl)cc3)CC(C)OC2=O)c1OCOC(C)=O. The molecule has 1 aromatic carbocycles. The summed E-state index contributed by atoms with van der Waals surface area (Å²) in [5.74, 6) is -1.10. The average Bonchev–Trinajstić information content (AvgIpc) is 2.89. The maximum atomic E-state index is 13.1. The maximum Gasteiger partial charge on any atom is 0.328 e. The van der Waals surface area contributed by atoms with E-state index in [1.54, 1.807) is 0 Å². The minimum absolute atomic E-state index is 0.00609. The Hall–Kier alpha value is -3.33. The van der Waals surface area contributed by atoms with Crippen LogP contribution in [0.25, 0.3) is 0 Å². The summed E-state index contributed by atoms with van der Waals surface area (Å²) in [6, 6.07) is 8.43. The number of carbonyl (C=O) groups excluding carboxylic acids is 3. The Balaban J connectivity index is 1.69. The fourth-order valence-electron chi connectivity index (χ4n) is 4.21. The standard InChI is InChI=1S/C26H31ClN2O7/c1-16-13-19(14-18-7-9-20(27)10-8-18)5-4-6-21(26(32)36-16)29-25(31)23-24(35-15-34-17(2)30)22(33-3)11-12-28-23/h7-12,16,19,21H,4-6,13-15H2,1-3H3,(H,29,31)/t16?,19?,21-/m0/s1. The largest absolute Gasteiger partial charge is 0.493 e. The molecule has 0 radical (unpaired) electrons. The highest BCUT2D eigenvalue weighted by molar-refractivity contribution is 6.30. The molecule has 0 saturated carbocycles. The molecule has 10 heteroatoms. The van der Waals surface area contributed by atoms with Crippen molar-refractivity contribution in [3.63, 3.8) is 0 Å². The molecule has 3 rings (SSSR count). The molecule has 1 aliphatic rings. The number of methoxy groups -OCH3 is 1. The summed E-state index contributed by atoms with van der Waals surface area (Å²) in [5, 5.41) is 3.42. The molecular weight excluding hydrogens is 488 g/mol. The van der Waals surface area contributed by atoms with Crippen LogP contribution in [0.15, 0.2) is 36.5 Å². The van der Waals surface area contributed by atoms with E-state index in [2.05, 4.69) is 10.3 Å². The summed E-state index contributed by atoms with van der Waals surface area (Å²) < 4.78 is 21.2. The lowest BCUT2D eigenvalue weighted by atomic mass is 9.89. The number of cyclic esters (lactones) is 1. The van der Waals surface area contributed by atoms with Crippen LogP contribution in [0, 0.1) is 5.92 Å². The first-order chi connectivity index (χ1) is 17.3. The third-order valence-electron chi connectivity index (χ3n) is 5.88. The van der Waals surface area contributed by atoms with Crippen LogP contribution in [0.1, 0.15) is 55.6 Å². The Bertz CT molecular complexity index is 1060. The van der Waals surface area contributed by atoms with Gasteiger partial charge in [-0.25, -0.2) is 9.78 Å². The van der Waals surface area contributed by atoms with Gasteiger partial charge in [0.1, 0.15) is 6.04 Å². The summed E-state index contributed by atoms with van der Waals surface area (Å²) in [5.41, 5.74) is 1.08. The molecule has 1 N–H and O–H groups in total. The van der Waals surface area contributed by atoms with Gasteiger partial charge in [0.25, 0.3) is 5.91 Å². The van der Waals surface area contributed by atoms with Crippen molar-refractivity contribution in [3.8, 4) is 11.5 Å². The summed E-state index contributed by atoms with van der Waals surface area (Å²) >= 11 is 6.00. The number of halogens is 1. The van der Waals surface area contributed by atoms with Gasteiger partial charge in [0.05, 0.1) is 13.2 Å². The van der Waals surface area contributed by atoms with Gasteiger partial charge in [-0.1, -0.05) is 30.2 Å². The molecule has 1 fully saturated rings. The zero-order valence-electron chi connectivity index (χ0n) is 20.6. The third kappa shape index (κ3) is 7.84. The van der Waals surface area contributed by atoms with Gasteiger partial charge in [0.15, 0.2) is 17.2 Å². The van der Waals surface area contributed by atoms with Gasteiger partial charge in [-0.15, -0.1) is 0 Å². The number of nitrogens with one attached hydrogen (secondary N) is 1. The zero-order chi connectivity index (χ0) is 26.1. The quantitative estimate of drug-likeness (QED) is 0.410. The molecule has 2 heterocycles. The van der Waals surface area contributed by atoms with Crippen LogP contribution in [-0.4, -0.2) is 48.9 Å². The number of pyridine rings is 1. The lowest BCUT2D eigenvalue weighted by molar-refractivity contribution is -0.151. The second kappa shape index (κ2) is 13.1. The first-order valence-electron chi connectivity index (χ1n) is 11.8. The molecule has 36 heavy (non-hydrogen) atoms. The van der Waals surface area contributed by atoms with Gasteiger partial charge < -0.3 is 24.3 Å². The van der Waals surface area contributed by atoms with E-state index < -0.39 is 30.7 Å². The van der Waals surface area contributed by atoms with E-state index in [9.17, 15) is 14.4 Å². The van der Waals surface area contributed by atoms with Gasteiger partial charge in [-0.2, -0.15) is 0 Å². The zero-order valence-corrected chi connectivity index (χ0v) is 21.4. The van der Waals surface area contributed by atoms with E-state index in [-0.39, 0.29) is 23.3 Å². The molecule has 0 bridgehead atoms. The monoisotopic (exact) mass is 518 g/mol. The van der Waals surface area contributed by atoms with Crippen molar-refractivity contribution in [2.45, 2.75) is 58.1 Å². The Morgan fingerprint density at radius 1 is 1.19 bits per heavy atom. The van der Waals surface area contributed by atoms with E-state index in [0.717, 1.165) is 25.7 Å². The molecule has 2 unspecified atom stereocenters. The van der Waals surface area contributed by atoms with Crippen LogP contribution in [0.3, 0.4) is 0 Å². The molecule has 1 saturated heterocycles. The summed E-state index contributed by atoms with van der Waals surface area (Å²) in [6.45, 7) is 2.68. The fourth-order valence-corrected chi connectivity index (χ4v) is 4.33. The van der Waals surface area contributed by atoms with E-state index in [1.807, 2.05) is 31.2 Å². The summed E-state index contributed by atoms with van der Waals surface area (Å²) in [4.78, 5) is 41.1. The third-order valence-corrected chi connectivity index (χ3v) is 6.14. The predicted octanol–water partition coefficient (Wildman–Crippen LogP) is 4.11. The molecule has 3 atom stereocenters. The van der Waals surface area contributed by atoms with Crippen molar-refractivity contribution in [1.82, 2.24) is 10.3 Å². The van der Waals surface area contributed by atoms with Crippen molar-refractivity contribution < 1.29 is 33.3 Å². The highest BCUT2D eigenvalue weighted by atomic mass is 35.5. The fraction of sp³-hybridized carbons (Fsp3) is 0.462. The molecule has 194 valence electrons. The highest BCUT2D eigenvalue weighted by Gasteiger charge is 2.30. The number of hydrogen-bond donors (Lipinski definition) is 1. The van der Waals surface area contributed by atoms with E-state index in [4.69, 9.17) is 30.5 Å². The molecule has 9 nitrogen and oxygen atoms in total. The number of amides is 1. The van der Waals surface area contributed by atoms with Gasteiger partial charge in [-0.05, 0) is 56.2 Å². The number of rotatable bonds is 8. The number of hydrogen-bond acceptors (Lipinski definition) is 8. The van der Waals surface area contributed by atoms with Gasteiger partial charge >= 0.3 is 11.9 Å². The van der Waals surface area contributed by atoms with Crippen LogP contribution in [-0.2, 0) is 25.5 Å². The van der Waals surface area contributed by atoms with Gasteiger partial charge in [0.2, 0.25) is 6.79 Å². The minimum Gasteiger partial charge on any atom is -0.493 e. The van der Waals surface area contributed by atoms with E-state index in [1.165, 1.54) is 31.9 Å². The molecule has 1 aromatic heterocycles. The first-order valence-corrected chi connectivity index (χ1v) is 12.2. The van der Waals surface area contributed by atoms with Crippen molar-refractivity contribution in [1.29, 1.82) is 0 Å².